The number of nitrogens with one attached hydrogen (secondary N) is 1. The summed E-state index contributed by atoms with van der Waals surface area (Å²) in [6, 6.07) is 9.75. The average Bonchev–Trinajstić information content (AvgIpc) is 2.83. The van der Waals surface area contributed by atoms with Gasteiger partial charge in [0.2, 0.25) is 0 Å². The first kappa shape index (κ1) is 18.0. The van der Waals surface area contributed by atoms with Gasteiger partial charge in [0.05, 0.1) is 12.2 Å². The molecule has 5 nitrogen and oxygen atoms in total. The summed E-state index contributed by atoms with van der Waals surface area (Å²) in [6.07, 6.45) is 0.127. The SMILES string of the molecule is CC[C@H](Oc1ccc(C)cc1)C(=O)N[C@H](C)Cn1nc(C)cc1C. The molecule has 0 saturated carbocycles. The molecule has 2 rings (SSSR count). The number of benzene rings is 1. The van der Waals surface area contributed by atoms with E-state index in [9.17, 15) is 4.79 Å². The highest BCUT2D eigenvalue weighted by molar-refractivity contribution is 5.81. The number of rotatable bonds is 7. The molecule has 0 bridgehead atoms. The fraction of sp³-hybridized carbons (Fsp3) is 0.474. The van der Waals surface area contributed by atoms with E-state index in [2.05, 4.69) is 10.4 Å². The average molecular weight is 329 g/mol. The van der Waals surface area contributed by atoms with Gasteiger partial charge in [0.25, 0.3) is 5.91 Å². The first-order chi connectivity index (χ1) is 11.4. The number of carbonyl (C=O) groups excluding carboxylic acids is 1. The predicted molar refractivity (Wildman–Crippen MR) is 95.2 cm³/mol. The van der Waals surface area contributed by atoms with Gasteiger partial charge in [-0.05, 0) is 52.3 Å². The van der Waals surface area contributed by atoms with Gasteiger partial charge >= 0.3 is 0 Å². The summed E-state index contributed by atoms with van der Waals surface area (Å²) < 4.78 is 7.74. The predicted octanol–water partition coefficient (Wildman–Crippen LogP) is 3.17. The van der Waals surface area contributed by atoms with E-state index in [0.29, 0.717) is 18.7 Å². The summed E-state index contributed by atoms with van der Waals surface area (Å²) in [5.41, 5.74) is 3.25. The van der Waals surface area contributed by atoms with Crippen molar-refractivity contribution >= 4 is 5.91 Å². The normalized spacial score (nSPS) is 13.4. The van der Waals surface area contributed by atoms with Crippen LogP contribution in [0.4, 0.5) is 0 Å². The lowest BCUT2D eigenvalue weighted by molar-refractivity contribution is -0.128. The van der Waals surface area contributed by atoms with Crippen LogP contribution in [0.3, 0.4) is 0 Å². The summed E-state index contributed by atoms with van der Waals surface area (Å²) in [5, 5.41) is 7.46. The van der Waals surface area contributed by atoms with Crippen molar-refractivity contribution in [3.8, 4) is 5.75 Å². The zero-order chi connectivity index (χ0) is 17.7. The Hall–Kier alpha value is -2.30. The van der Waals surface area contributed by atoms with Crippen LogP contribution in [-0.4, -0.2) is 27.8 Å². The number of aromatic nitrogens is 2. The molecule has 1 aromatic heterocycles. The highest BCUT2D eigenvalue weighted by Crippen LogP contribution is 2.15. The molecule has 2 aromatic rings. The monoisotopic (exact) mass is 329 g/mol. The van der Waals surface area contributed by atoms with Gasteiger partial charge < -0.3 is 10.1 Å². The van der Waals surface area contributed by atoms with Gasteiger partial charge in [0.1, 0.15) is 5.75 Å². The zero-order valence-electron chi connectivity index (χ0n) is 15.2. The highest BCUT2D eigenvalue weighted by atomic mass is 16.5. The molecular weight excluding hydrogens is 302 g/mol. The number of hydrogen-bond acceptors (Lipinski definition) is 3. The van der Waals surface area contributed by atoms with E-state index in [1.807, 2.05) is 69.6 Å². The number of nitrogens with zero attached hydrogens (tertiary/aromatic N) is 2. The van der Waals surface area contributed by atoms with Crippen LogP contribution in [0.2, 0.25) is 0 Å². The largest absolute Gasteiger partial charge is 0.481 e. The molecule has 0 aliphatic rings. The lowest BCUT2D eigenvalue weighted by Gasteiger charge is -2.21. The first-order valence-electron chi connectivity index (χ1n) is 8.43. The van der Waals surface area contributed by atoms with Gasteiger partial charge in [-0.2, -0.15) is 5.10 Å². The minimum absolute atomic E-state index is 0.0221. The number of carbonyl (C=O) groups is 1. The molecule has 0 fully saturated rings. The first-order valence-corrected chi connectivity index (χ1v) is 8.43. The fourth-order valence-electron chi connectivity index (χ4n) is 2.60. The molecular formula is C19H27N3O2. The van der Waals surface area contributed by atoms with Gasteiger partial charge in [-0.25, -0.2) is 0 Å². The minimum atomic E-state index is -0.490. The molecule has 0 aliphatic carbocycles. The third kappa shape index (κ3) is 4.85. The molecule has 5 heteroatoms. The maximum atomic E-state index is 12.5. The molecule has 0 aliphatic heterocycles. The van der Waals surface area contributed by atoms with E-state index in [-0.39, 0.29) is 11.9 Å². The van der Waals surface area contributed by atoms with E-state index in [4.69, 9.17) is 4.74 Å². The van der Waals surface area contributed by atoms with Gasteiger partial charge in [-0.3, -0.25) is 9.48 Å². The van der Waals surface area contributed by atoms with Crippen molar-refractivity contribution < 1.29 is 9.53 Å². The Morgan fingerprint density at radius 2 is 1.92 bits per heavy atom. The van der Waals surface area contributed by atoms with Crippen molar-refractivity contribution in [2.24, 2.45) is 0 Å². The Morgan fingerprint density at radius 1 is 1.25 bits per heavy atom. The second kappa shape index (κ2) is 7.99. The molecule has 1 aromatic carbocycles. The van der Waals surface area contributed by atoms with Gasteiger partial charge in [-0.1, -0.05) is 24.6 Å². The van der Waals surface area contributed by atoms with E-state index >= 15 is 0 Å². The summed E-state index contributed by atoms with van der Waals surface area (Å²) in [6.45, 7) is 10.6. The molecule has 1 heterocycles. The number of aryl methyl sites for hydroxylation is 3. The van der Waals surface area contributed by atoms with Crippen molar-refractivity contribution in [2.45, 2.75) is 59.7 Å². The molecule has 0 saturated heterocycles. The van der Waals surface area contributed by atoms with Gasteiger partial charge in [-0.15, -0.1) is 0 Å². The molecule has 0 radical (unpaired) electrons. The van der Waals surface area contributed by atoms with Crippen LogP contribution in [0.25, 0.3) is 0 Å². The van der Waals surface area contributed by atoms with Crippen molar-refractivity contribution in [2.75, 3.05) is 0 Å². The van der Waals surface area contributed by atoms with Gasteiger partial charge in [0.15, 0.2) is 6.10 Å². The van der Waals surface area contributed by atoms with Crippen molar-refractivity contribution in [1.29, 1.82) is 0 Å². The minimum Gasteiger partial charge on any atom is -0.481 e. The molecule has 0 spiro atoms. The maximum Gasteiger partial charge on any atom is 0.261 e. The standard InChI is InChI=1S/C19H27N3O2/c1-6-18(24-17-9-7-13(2)8-10-17)19(23)20-15(4)12-22-16(5)11-14(3)21-22/h7-11,15,18H,6,12H2,1-5H3,(H,20,23)/t15-,18+/m1/s1. The Bertz CT molecular complexity index is 676. The summed E-state index contributed by atoms with van der Waals surface area (Å²) in [5.74, 6) is 0.626. The lowest BCUT2D eigenvalue weighted by atomic mass is 10.2. The van der Waals surface area contributed by atoms with Crippen LogP contribution in [0.1, 0.15) is 37.2 Å². The van der Waals surface area contributed by atoms with Crippen LogP contribution in [0, 0.1) is 20.8 Å². The molecule has 1 amide bonds. The summed E-state index contributed by atoms with van der Waals surface area (Å²) >= 11 is 0. The zero-order valence-corrected chi connectivity index (χ0v) is 15.2. The third-order valence-electron chi connectivity index (χ3n) is 3.90. The Labute approximate surface area is 144 Å². The Morgan fingerprint density at radius 3 is 2.46 bits per heavy atom. The summed E-state index contributed by atoms with van der Waals surface area (Å²) in [7, 11) is 0. The van der Waals surface area contributed by atoms with E-state index in [0.717, 1.165) is 11.4 Å². The van der Waals surface area contributed by atoms with Crippen molar-refractivity contribution in [1.82, 2.24) is 15.1 Å². The number of ether oxygens (including phenoxy) is 1. The second-order valence-corrected chi connectivity index (χ2v) is 6.35. The smallest absolute Gasteiger partial charge is 0.261 e. The molecule has 1 N–H and O–H groups in total. The highest BCUT2D eigenvalue weighted by Gasteiger charge is 2.20. The van der Waals surface area contributed by atoms with E-state index in [1.54, 1.807) is 0 Å². The third-order valence-corrected chi connectivity index (χ3v) is 3.90. The van der Waals surface area contributed by atoms with Crippen LogP contribution >= 0.6 is 0 Å². The van der Waals surface area contributed by atoms with E-state index < -0.39 is 6.10 Å². The van der Waals surface area contributed by atoms with Gasteiger partial charge in [0, 0.05) is 11.7 Å². The van der Waals surface area contributed by atoms with Crippen LogP contribution in [-0.2, 0) is 11.3 Å². The molecule has 130 valence electrons. The van der Waals surface area contributed by atoms with Crippen molar-refractivity contribution in [3.63, 3.8) is 0 Å². The quantitative estimate of drug-likeness (QED) is 0.849. The number of hydrogen-bond donors (Lipinski definition) is 1. The van der Waals surface area contributed by atoms with Crippen LogP contribution < -0.4 is 10.1 Å². The van der Waals surface area contributed by atoms with Crippen LogP contribution in [0.15, 0.2) is 30.3 Å². The Kier molecular flexibility index (Phi) is 6.01. The number of amides is 1. The van der Waals surface area contributed by atoms with E-state index in [1.165, 1.54) is 5.56 Å². The maximum absolute atomic E-state index is 12.5. The van der Waals surface area contributed by atoms with Crippen molar-refractivity contribution in [3.05, 3.63) is 47.3 Å². The fourth-order valence-corrected chi connectivity index (χ4v) is 2.60. The second-order valence-electron chi connectivity index (χ2n) is 6.35. The summed E-state index contributed by atoms with van der Waals surface area (Å²) in [4.78, 5) is 12.5. The topological polar surface area (TPSA) is 56.1 Å². The van der Waals surface area contributed by atoms with Crippen LogP contribution in [0.5, 0.6) is 5.75 Å². The lowest BCUT2D eigenvalue weighted by Crippen LogP contribution is -2.44. The molecule has 24 heavy (non-hydrogen) atoms. The Balaban J connectivity index is 1.93. The molecule has 0 unspecified atom stereocenters. The molecule has 2 atom stereocenters.